The lowest BCUT2D eigenvalue weighted by Gasteiger charge is -2.07. The first kappa shape index (κ1) is 10.5. The van der Waals surface area contributed by atoms with Gasteiger partial charge < -0.3 is 10.6 Å². The molecule has 0 spiro atoms. The first-order valence-electron chi connectivity index (χ1n) is 5.29. The summed E-state index contributed by atoms with van der Waals surface area (Å²) < 4.78 is 0. The van der Waals surface area contributed by atoms with Crippen LogP contribution in [-0.2, 0) is 6.54 Å². The van der Waals surface area contributed by atoms with Crippen LogP contribution in [0.25, 0.3) is 0 Å². The van der Waals surface area contributed by atoms with Gasteiger partial charge in [0.1, 0.15) is 0 Å². The average molecular weight is 213 g/mol. The molecule has 3 nitrogen and oxygen atoms in total. The van der Waals surface area contributed by atoms with E-state index in [2.05, 4.69) is 39.9 Å². The average Bonchev–Trinajstić information content (AvgIpc) is 2.38. The Hall–Kier alpha value is -2.03. The number of hydrogen-bond donors (Lipinski definition) is 2. The van der Waals surface area contributed by atoms with Gasteiger partial charge in [0.15, 0.2) is 0 Å². The first-order valence-corrected chi connectivity index (χ1v) is 5.29. The fraction of sp³-hybridized carbons (Fsp3) is 0.154. The maximum Gasteiger partial charge on any atom is 0.0401 e. The summed E-state index contributed by atoms with van der Waals surface area (Å²) in [6.45, 7) is 0.821. The highest BCUT2D eigenvalue weighted by Gasteiger charge is 1.93. The number of nitrogens with zero attached hydrogens (tertiary/aromatic N) is 1. The van der Waals surface area contributed by atoms with Gasteiger partial charge in [0, 0.05) is 37.4 Å². The Balaban J connectivity index is 1.94. The molecule has 1 aromatic heterocycles. The van der Waals surface area contributed by atoms with Crippen molar-refractivity contribution in [1.82, 2.24) is 4.98 Å². The lowest BCUT2D eigenvalue weighted by atomic mass is 10.2. The minimum absolute atomic E-state index is 0.821. The molecule has 0 aliphatic heterocycles. The van der Waals surface area contributed by atoms with Gasteiger partial charge in [0.2, 0.25) is 0 Å². The van der Waals surface area contributed by atoms with Crippen molar-refractivity contribution in [1.29, 1.82) is 0 Å². The van der Waals surface area contributed by atoms with Crippen molar-refractivity contribution in [3.63, 3.8) is 0 Å². The number of aromatic nitrogens is 1. The van der Waals surface area contributed by atoms with Gasteiger partial charge >= 0.3 is 0 Å². The highest BCUT2D eigenvalue weighted by molar-refractivity contribution is 5.53. The van der Waals surface area contributed by atoms with E-state index in [1.165, 1.54) is 5.56 Å². The van der Waals surface area contributed by atoms with Crippen molar-refractivity contribution >= 4 is 11.4 Å². The van der Waals surface area contributed by atoms with Crippen molar-refractivity contribution in [3.05, 3.63) is 54.4 Å². The highest BCUT2D eigenvalue weighted by atomic mass is 14.9. The molecule has 2 aromatic rings. The third-order valence-corrected chi connectivity index (χ3v) is 2.42. The Morgan fingerprint density at radius 1 is 0.938 bits per heavy atom. The van der Waals surface area contributed by atoms with Gasteiger partial charge in [0.25, 0.3) is 0 Å². The van der Waals surface area contributed by atoms with Crippen molar-refractivity contribution in [3.8, 4) is 0 Å². The molecule has 16 heavy (non-hydrogen) atoms. The molecule has 0 fully saturated rings. The number of benzene rings is 1. The lowest BCUT2D eigenvalue weighted by molar-refractivity contribution is 1.13. The summed E-state index contributed by atoms with van der Waals surface area (Å²) in [5, 5.41) is 6.45. The second-order valence-electron chi connectivity index (χ2n) is 3.54. The Morgan fingerprint density at radius 2 is 1.56 bits per heavy atom. The number of nitrogens with one attached hydrogen (secondary N) is 2. The predicted octanol–water partition coefficient (Wildman–Crippen LogP) is 2.74. The molecule has 0 atom stereocenters. The van der Waals surface area contributed by atoms with Crippen molar-refractivity contribution in [2.24, 2.45) is 0 Å². The highest BCUT2D eigenvalue weighted by Crippen LogP contribution is 2.13. The molecule has 2 N–H and O–H groups in total. The van der Waals surface area contributed by atoms with E-state index in [1.807, 2.05) is 19.2 Å². The molecule has 3 heteroatoms. The Bertz CT molecular complexity index is 423. The van der Waals surface area contributed by atoms with E-state index < -0.39 is 0 Å². The molecular weight excluding hydrogens is 198 g/mol. The van der Waals surface area contributed by atoms with Crippen molar-refractivity contribution in [2.45, 2.75) is 6.54 Å². The number of hydrogen-bond acceptors (Lipinski definition) is 3. The van der Waals surface area contributed by atoms with Crippen LogP contribution in [-0.4, -0.2) is 12.0 Å². The monoisotopic (exact) mass is 213 g/mol. The molecular formula is C13H15N3. The fourth-order valence-electron chi connectivity index (χ4n) is 1.46. The molecule has 0 aliphatic carbocycles. The minimum Gasteiger partial charge on any atom is -0.388 e. The van der Waals surface area contributed by atoms with Crippen molar-refractivity contribution < 1.29 is 0 Å². The van der Waals surface area contributed by atoms with E-state index >= 15 is 0 Å². The number of anilines is 2. The summed E-state index contributed by atoms with van der Waals surface area (Å²) in [6, 6.07) is 12.2. The molecule has 2 rings (SSSR count). The summed E-state index contributed by atoms with van der Waals surface area (Å²) in [4.78, 5) is 3.99. The molecule has 0 aliphatic rings. The molecule has 0 radical (unpaired) electrons. The molecule has 0 saturated heterocycles. The smallest absolute Gasteiger partial charge is 0.0401 e. The van der Waals surface area contributed by atoms with E-state index in [-0.39, 0.29) is 0 Å². The molecule has 1 heterocycles. The van der Waals surface area contributed by atoms with Gasteiger partial charge in [-0.05, 0) is 42.0 Å². The van der Waals surface area contributed by atoms with E-state index in [0.29, 0.717) is 0 Å². The quantitative estimate of drug-likeness (QED) is 0.820. The van der Waals surface area contributed by atoms with E-state index in [9.17, 15) is 0 Å². The predicted molar refractivity (Wildman–Crippen MR) is 67.6 cm³/mol. The van der Waals surface area contributed by atoms with Gasteiger partial charge in [-0.2, -0.15) is 0 Å². The third kappa shape index (κ3) is 2.73. The zero-order valence-corrected chi connectivity index (χ0v) is 9.27. The molecule has 0 amide bonds. The molecule has 0 bridgehead atoms. The molecule has 1 aromatic carbocycles. The van der Waals surface area contributed by atoms with Crippen LogP contribution >= 0.6 is 0 Å². The maximum atomic E-state index is 3.99. The van der Waals surface area contributed by atoms with Crippen LogP contribution in [0.2, 0.25) is 0 Å². The van der Waals surface area contributed by atoms with Crippen LogP contribution in [0.5, 0.6) is 0 Å². The van der Waals surface area contributed by atoms with E-state index in [4.69, 9.17) is 0 Å². The fourth-order valence-corrected chi connectivity index (χ4v) is 1.46. The Labute approximate surface area is 95.5 Å². The van der Waals surface area contributed by atoms with E-state index in [1.54, 1.807) is 12.4 Å². The largest absolute Gasteiger partial charge is 0.388 e. The Morgan fingerprint density at radius 3 is 2.19 bits per heavy atom. The van der Waals surface area contributed by atoms with Gasteiger partial charge in [-0.25, -0.2) is 0 Å². The van der Waals surface area contributed by atoms with Crippen LogP contribution in [0.4, 0.5) is 11.4 Å². The molecule has 82 valence electrons. The van der Waals surface area contributed by atoms with Gasteiger partial charge in [-0.15, -0.1) is 0 Å². The zero-order chi connectivity index (χ0) is 11.2. The van der Waals surface area contributed by atoms with Crippen LogP contribution < -0.4 is 10.6 Å². The van der Waals surface area contributed by atoms with Crippen molar-refractivity contribution in [2.75, 3.05) is 17.7 Å². The topological polar surface area (TPSA) is 37.0 Å². The summed E-state index contributed by atoms with van der Waals surface area (Å²) in [5.41, 5.74) is 3.47. The zero-order valence-electron chi connectivity index (χ0n) is 9.27. The minimum atomic E-state index is 0.821. The van der Waals surface area contributed by atoms with Crippen LogP contribution in [0.15, 0.2) is 48.8 Å². The first-order chi connectivity index (χ1) is 7.88. The van der Waals surface area contributed by atoms with Crippen LogP contribution in [0.3, 0.4) is 0 Å². The van der Waals surface area contributed by atoms with Gasteiger partial charge in [-0.3, -0.25) is 4.98 Å². The summed E-state index contributed by atoms with van der Waals surface area (Å²) in [7, 11) is 1.92. The number of rotatable bonds is 4. The molecule has 0 unspecified atom stereocenters. The Kier molecular flexibility index (Phi) is 3.38. The van der Waals surface area contributed by atoms with Gasteiger partial charge in [0.05, 0.1) is 0 Å². The lowest BCUT2D eigenvalue weighted by Crippen LogP contribution is -1.99. The van der Waals surface area contributed by atoms with Crippen LogP contribution in [0.1, 0.15) is 5.56 Å². The summed E-state index contributed by atoms with van der Waals surface area (Å²) in [5.74, 6) is 0. The number of pyridine rings is 1. The maximum absolute atomic E-state index is 3.99. The van der Waals surface area contributed by atoms with Gasteiger partial charge in [-0.1, -0.05) is 0 Å². The summed E-state index contributed by atoms with van der Waals surface area (Å²) >= 11 is 0. The normalized spacial score (nSPS) is 9.81. The summed E-state index contributed by atoms with van der Waals surface area (Å²) in [6.07, 6.45) is 3.61. The standard InChI is InChI=1S/C13H15N3/c1-14-12-2-4-13(5-3-12)16-10-11-6-8-15-9-7-11/h2-9,14,16H,10H2,1H3. The van der Waals surface area contributed by atoms with Crippen LogP contribution in [0, 0.1) is 0 Å². The third-order valence-electron chi connectivity index (χ3n) is 2.42. The molecule has 0 saturated carbocycles. The second-order valence-corrected chi connectivity index (χ2v) is 3.54. The SMILES string of the molecule is CNc1ccc(NCc2ccncc2)cc1. The second kappa shape index (κ2) is 5.16. The van der Waals surface area contributed by atoms with E-state index in [0.717, 1.165) is 17.9 Å².